The van der Waals surface area contributed by atoms with Crippen LogP contribution in [-0.2, 0) is 9.05 Å². The highest BCUT2D eigenvalue weighted by Crippen LogP contribution is 2.33. The van der Waals surface area contributed by atoms with Crippen molar-refractivity contribution in [1.29, 1.82) is 0 Å². The summed E-state index contributed by atoms with van der Waals surface area (Å²) in [6.45, 7) is 4.75. The van der Waals surface area contributed by atoms with Crippen molar-refractivity contribution in [2.75, 3.05) is 13.2 Å². The Morgan fingerprint density at radius 2 is 1.90 bits per heavy atom. The van der Waals surface area contributed by atoms with E-state index >= 15 is 0 Å². The van der Waals surface area contributed by atoms with Crippen LogP contribution in [0.5, 0.6) is 0 Å². The number of nitrogens with zero attached hydrogens (tertiary/aromatic N) is 2. The van der Waals surface area contributed by atoms with E-state index in [9.17, 15) is 0 Å². The van der Waals surface area contributed by atoms with Crippen molar-refractivity contribution in [3.8, 4) is 0 Å². The zero-order chi connectivity index (χ0) is 7.82. The lowest BCUT2D eigenvalue weighted by Gasteiger charge is -2.14. The van der Waals surface area contributed by atoms with Crippen molar-refractivity contribution in [3.63, 3.8) is 0 Å². The maximum Gasteiger partial charge on any atom is 0.0808 e. The molecule has 0 N–H and O–H groups in total. The van der Waals surface area contributed by atoms with Gasteiger partial charge in [-0.1, -0.05) is 0 Å². The third-order valence-electron chi connectivity index (χ3n) is 0.619. The molecule has 0 bridgehead atoms. The van der Waals surface area contributed by atoms with Crippen LogP contribution in [0.15, 0.2) is 0 Å². The number of hydrogen-bond donors (Lipinski definition) is 0. The normalized spacial score (nSPS) is 9.50. The van der Waals surface area contributed by atoms with Crippen molar-refractivity contribution in [2.24, 2.45) is 0 Å². The summed E-state index contributed by atoms with van der Waals surface area (Å²) in [6.07, 6.45) is 0. The van der Waals surface area contributed by atoms with Crippen LogP contribution in [-0.4, -0.2) is 24.0 Å². The first-order chi connectivity index (χ1) is 4.85. The van der Waals surface area contributed by atoms with Crippen LogP contribution in [0.2, 0.25) is 0 Å². The molecule has 10 heavy (non-hydrogen) atoms. The molecule has 0 aromatic rings. The second-order valence-electron chi connectivity index (χ2n) is 1.29. The minimum atomic E-state index is -1.23. The third kappa shape index (κ3) is 4.59. The number of rotatable bonds is 5. The van der Waals surface area contributed by atoms with Crippen LogP contribution in [0.25, 0.3) is 5.53 Å². The van der Waals surface area contributed by atoms with Gasteiger partial charge in [-0.3, -0.25) is 0 Å². The maximum absolute atomic E-state index is 8.06. The molecule has 0 saturated heterocycles. The highest BCUT2D eigenvalue weighted by molar-refractivity contribution is 7.63. The molecular formula is C5H10N2O2P-. The van der Waals surface area contributed by atoms with Gasteiger partial charge in [-0.25, -0.2) is 0 Å². The van der Waals surface area contributed by atoms with Crippen LogP contribution >= 0.6 is 8.38 Å². The van der Waals surface area contributed by atoms with Crippen LogP contribution in [0, 0.1) is 0 Å². The topological polar surface area (TPSA) is 54.9 Å². The van der Waals surface area contributed by atoms with Gasteiger partial charge >= 0.3 is 0 Å². The molecular weight excluding hydrogens is 151 g/mol. The molecule has 0 aliphatic heterocycles. The van der Waals surface area contributed by atoms with E-state index in [2.05, 4.69) is 10.7 Å². The molecule has 0 aliphatic rings. The Balaban J connectivity index is 3.60. The molecule has 0 amide bonds. The summed E-state index contributed by atoms with van der Waals surface area (Å²) < 4.78 is 10.0. The first-order valence-electron chi connectivity index (χ1n) is 3.00. The lowest BCUT2D eigenvalue weighted by Crippen LogP contribution is -1.91. The summed E-state index contributed by atoms with van der Waals surface area (Å²) in [5.41, 5.74) is 8.06. The molecule has 0 spiro atoms. The Hall–Kier alpha value is -0.270. The van der Waals surface area contributed by atoms with Gasteiger partial charge < -0.3 is 19.4 Å². The van der Waals surface area contributed by atoms with E-state index in [1.165, 1.54) is 0 Å². The molecule has 0 unspecified atom stereocenters. The summed E-state index contributed by atoms with van der Waals surface area (Å²) in [5.74, 6) is 2.29. The van der Waals surface area contributed by atoms with Gasteiger partial charge in [-0.05, 0) is 13.8 Å². The molecule has 5 heteroatoms. The Labute approximate surface area is 61.7 Å². The van der Waals surface area contributed by atoms with Gasteiger partial charge in [-0.15, -0.1) is 0 Å². The van der Waals surface area contributed by atoms with Gasteiger partial charge in [0.05, 0.1) is 8.38 Å². The second kappa shape index (κ2) is 6.84. The highest BCUT2D eigenvalue weighted by Gasteiger charge is 1.95. The molecule has 0 saturated carbocycles. The van der Waals surface area contributed by atoms with E-state index in [0.717, 1.165) is 0 Å². The Morgan fingerprint density at radius 1 is 1.40 bits per heavy atom. The standard InChI is InChI=1S/C5H10N2O2P/c1-3-8-10(5-7-6)9-4-2/h3-4H2,1-2H3/q-1. The van der Waals surface area contributed by atoms with Crippen molar-refractivity contribution >= 4 is 14.3 Å². The fourth-order valence-corrected chi connectivity index (χ4v) is 1.10. The summed E-state index contributed by atoms with van der Waals surface area (Å²) in [5, 5.41) is 0. The van der Waals surface area contributed by atoms with Crippen LogP contribution in [0.3, 0.4) is 0 Å². The quantitative estimate of drug-likeness (QED) is 0.202. The zero-order valence-corrected chi connectivity index (χ0v) is 6.97. The lowest BCUT2D eigenvalue weighted by molar-refractivity contribution is 0.00585. The summed E-state index contributed by atoms with van der Waals surface area (Å²) in [4.78, 5) is 2.70. The molecule has 0 aliphatic carbocycles. The largest absolute Gasteiger partial charge is 0.407 e. The second-order valence-corrected chi connectivity index (χ2v) is 2.52. The van der Waals surface area contributed by atoms with E-state index in [1.807, 2.05) is 13.8 Å². The Bertz CT molecular complexity index is 119. The predicted octanol–water partition coefficient (Wildman–Crippen LogP) is 1.51. The minimum absolute atomic E-state index is 0.536. The SMILES string of the molecule is CCOP([C-]=[N+]=[N-])OCC. The van der Waals surface area contributed by atoms with Crippen molar-refractivity contribution in [3.05, 3.63) is 5.53 Å². The van der Waals surface area contributed by atoms with Gasteiger partial charge in [0.1, 0.15) is 0 Å². The van der Waals surface area contributed by atoms with E-state index < -0.39 is 8.38 Å². The van der Waals surface area contributed by atoms with E-state index in [-0.39, 0.29) is 0 Å². The van der Waals surface area contributed by atoms with Crippen LogP contribution < -0.4 is 0 Å². The molecule has 0 aromatic heterocycles. The van der Waals surface area contributed by atoms with Gasteiger partial charge in [0, 0.05) is 19.2 Å². The monoisotopic (exact) mass is 161 g/mol. The van der Waals surface area contributed by atoms with Crippen molar-refractivity contribution in [1.82, 2.24) is 0 Å². The molecule has 0 rings (SSSR count). The molecule has 4 nitrogen and oxygen atoms in total. The van der Waals surface area contributed by atoms with Crippen LogP contribution in [0.1, 0.15) is 13.8 Å². The molecule has 0 fully saturated rings. The van der Waals surface area contributed by atoms with Crippen molar-refractivity contribution in [2.45, 2.75) is 13.8 Å². The average Bonchev–Trinajstić information content (AvgIpc) is 1.90. The molecule has 0 radical (unpaired) electrons. The number of hydrogen-bond acceptors (Lipinski definition) is 2. The molecule has 0 heterocycles. The molecule has 0 atom stereocenters. The van der Waals surface area contributed by atoms with Gasteiger partial charge in [0.25, 0.3) is 0 Å². The van der Waals surface area contributed by atoms with Gasteiger partial charge in [0.15, 0.2) is 0 Å². The third-order valence-corrected chi connectivity index (χ3v) is 1.86. The zero-order valence-electron chi connectivity index (χ0n) is 6.07. The smallest absolute Gasteiger partial charge is 0.0808 e. The summed E-state index contributed by atoms with van der Waals surface area (Å²) in [6, 6.07) is 0. The Kier molecular flexibility index (Phi) is 6.66. The minimum Gasteiger partial charge on any atom is -0.407 e. The van der Waals surface area contributed by atoms with Gasteiger partial charge in [-0.2, -0.15) is 0 Å². The van der Waals surface area contributed by atoms with E-state index in [0.29, 0.717) is 13.2 Å². The van der Waals surface area contributed by atoms with Gasteiger partial charge in [0.2, 0.25) is 0 Å². The first-order valence-corrected chi connectivity index (χ1v) is 4.18. The summed E-state index contributed by atoms with van der Waals surface area (Å²) in [7, 11) is -1.23. The Morgan fingerprint density at radius 3 is 2.20 bits per heavy atom. The summed E-state index contributed by atoms with van der Waals surface area (Å²) >= 11 is 0. The highest BCUT2D eigenvalue weighted by atomic mass is 31.2. The lowest BCUT2D eigenvalue weighted by atomic mass is 10.9. The fraction of sp³-hybridized carbons (Fsp3) is 0.800. The average molecular weight is 161 g/mol. The van der Waals surface area contributed by atoms with Crippen LogP contribution in [0.4, 0.5) is 0 Å². The van der Waals surface area contributed by atoms with E-state index in [4.69, 9.17) is 14.6 Å². The maximum atomic E-state index is 8.06. The predicted molar refractivity (Wildman–Crippen MR) is 38.8 cm³/mol. The van der Waals surface area contributed by atoms with Crippen molar-refractivity contribution < 1.29 is 13.8 Å². The first kappa shape index (κ1) is 9.73. The molecule has 0 aromatic carbocycles. The fourth-order valence-electron chi connectivity index (χ4n) is 0.366. The molecule has 58 valence electrons. The van der Waals surface area contributed by atoms with E-state index in [1.54, 1.807) is 0 Å².